The molecule has 3 aromatic rings. The summed E-state index contributed by atoms with van der Waals surface area (Å²) in [5.74, 6) is 2.80. The normalized spacial score (nSPS) is 11.1. The zero-order valence-electron chi connectivity index (χ0n) is 15.6. The summed E-state index contributed by atoms with van der Waals surface area (Å²) in [7, 11) is 1.98. The molecule has 2 heterocycles. The molecule has 0 fully saturated rings. The van der Waals surface area contributed by atoms with Crippen molar-refractivity contribution in [1.29, 1.82) is 0 Å². The summed E-state index contributed by atoms with van der Waals surface area (Å²) in [4.78, 5) is 6.64. The van der Waals surface area contributed by atoms with E-state index in [2.05, 4.69) is 63.4 Å². The van der Waals surface area contributed by atoms with Gasteiger partial charge in [-0.05, 0) is 38.1 Å². The van der Waals surface area contributed by atoms with E-state index >= 15 is 0 Å². The van der Waals surface area contributed by atoms with E-state index in [0.29, 0.717) is 17.5 Å². The lowest BCUT2D eigenvalue weighted by atomic mass is 10.2. The third kappa shape index (κ3) is 3.90. The Labute approximate surface area is 157 Å². The molecule has 8 heteroatoms. The zero-order valence-corrected chi connectivity index (χ0v) is 16.5. The highest BCUT2D eigenvalue weighted by molar-refractivity contribution is 7.98. The predicted molar refractivity (Wildman–Crippen MR) is 103 cm³/mol. The van der Waals surface area contributed by atoms with Crippen molar-refractivity contribution in [3.63, 3.8) is 0 Å². The van der Waals surface area contributed by atoms with Crippen molar-refractivity contribution >= 4 is 17.4 Å². The number of rotatable bonds is 8. The van der Waals surface area contributed by atoms with Crippen LogP contribution in [0, 0.1) is 0 Å². The van der Waals surface area contributed by atoms with Crippen LogP contribution < -0.4 is 4.90 Å². The fourth-order valence-electron chi connectivity index (χ4n) is 2.72. The monoisotopic (exact) mass is 372 g/mol. The van der Waals surface area contributed by atoms with Crippen LogP contribution >= 0.6 is 11.8 Å². The fourth-order valence-corrected chi connectivity index (χ4v) is 3.48. The lowest BCUT2D eigenvalue weighted by Crippen LogP contribution is -2.21. The Morgan fingerprint density at radius 1 is 1.08 bits per heavy atom. The molecule has 26 heavy (non-hydrogen) atoms. The van der Waals surface area contributed by atoms with Crippen molar-refractivity contribution in [2.75, 3.05) is 18.0 Å². The summed E-state index contributed by atoms with van der Waals surface area (Å²) < 4.78 is 7.13. The summed E-state index contributed by atoms with van der Waals surface area (Å²) in [6, 6.07) is 8.46. The largest absolute Gasteiger partial charge is 0.372 e. The minimum Gasteiger partial charge on any atom is -0.372 e. The van der Waals surface area contributed by atoms with Gasteiger partial charge in [0.2, 0.25) is 5.89 Å². The van der Waals surface area contributed by atoms with Gasteiger partial charge in [-0.1, -0.05) is 23.8 Å². The molecule has 2 aromatic heterocycles. The Kier molecular flexibility index (Phi) is 5.92. The number of benzene rings is 1. The summed E-state index contributed by atoms with van der Waals surface area (Å²) in [6.45, 7) is 8.31. The molecular weight excluding hydrogens is 348 g/mol. The maximum Gasteiger partial charge on any atom is 0.226 e. The van der Waals surface area contributed by atoms with E-state index in [0.717, 1.165) is 36.1 Å². The number of aromatic nitrogens is 5. The molecule has 1 aromatic carbocycles. The van der Waals surface area contributed by atoms with Crippen LogP contribution in [0.2, 0.25) is 0 Å². The molecule has 0 bridgehead atoms. The fraction of sp³-hybridized carbons (Fsp3) is 0.444. The lowest BCUT2D eigenvalue weighted by Gasteiger charge is -2.21. The van der Waals surface area contributed by atoms with Gasteiger partial charge in [0.25, 0.3) is 0 Å². The SMILES string of the molecule is CCc1nc(CSc2nnc(-c3ccc(N(CC)CC)cc3)n2C)no1. The van der Waals surface area contributed by atoms with Gasteiger partial charge in [-0.2, -0.15) is 4.98 Å². The average Bonchev–Trinajstić information content (AvgIpc) is 3.28. The first-order valence-electron chi connectivity index (χ1n) is 8.85. The second-order valence-corrected chi connectivity index (χ2v) is 6.77. The van der Waals surface area contributed by atoms with E-state index < -0.39 is 0 Å². The zero-order chi connectivity index (χ0) is 18.5. The number of hydrogen-bond acceptors (Lipinski definition) is 7. The average molecular weight is 372 g/mol. The molecule has 0 saturated carbocycles. The summed E-state index contributed by atoms with van der Waals surface area (Å²) in [6.07, 6.45) is 0.745. The molecular formula is C18H24N6OS. The van der Waals surface area contributed by atoms with Gasteiger partial charge in [0, 0.05) is 37.8 Å². The van der Waals surface area contributed by atoms with Crippen LogP contribution in [0.4, 0.5) is 5.69 Å². The molecule has 0 radical (unpaired) electrons. The van der Waals surface area contributed by atoms with Crippen molar-refractivity contribution in [3.8, 4) is 11.4 Å². The first-order chi connectivity index (χ1) is 12.7. The highest BCUT2D eigenvalue weighted by Gasteiger charge is 2.13. The molecule has 0 amide bonds. The molecule has 0 aliphatic rings. The summed E-state index contributed by atoms with van der Waals surface area (Å²) in [5, 5.41) is 13.5. The first kappa shape index (κ1) is 18.4. The van der Waals surface area contributed by atoms with Crippen molar-refractivity contribution in [2.24, 2.45) is 7.05 Å². The standard InChI is InChI=1S/C18H24N6OS/c1-5-16-19-15(22-25-16)12-26-18-21-20-17(23(18)4)13-8-10-14(11-9-13)24(6-2)7-3/h8-11H,5-7,12H2,1-4H3. The van der Waals surface area contributed by atoms with Gasteiger partial charge in [0.1, 0.15) is 0 Å². The number of thioether (sulfide) groups is 1. The molecule has 3 rings (SSSR count). The predicted octanol–water partition coefficient (Wildman–Crippen LogP) is 3.57. The molecule has 7 nitrogen and oxygen atoms in total. The van der Waals surface area contributed by atoms with E-state index in [1.54, 1.807) is 11.8 Å². The van der Waals surface area contributed by atoms with Crippen LogP contribution in [0.5, 0.6) is 0 Å². The van der Waals surface area contributed by atoms with Crippen LogP contribution in [0.15, 0.2) is 33.9 Å². The van der Waals surface area contributed by atoms with E-state index in [1.165, 1.54) is 5.69 Å². The Morgan fingerprint density at radius 3 is 2.42 bits per heavy atom. The number of aryl methyl sites for hydroxylation is 1. The topological polar surface area (TPSA) is 72.9 Å². The number of hydrogen-bond donors (Lipinski definition) is 0. The van der Waals surface area contributed by atoms with Crippen molar-refractivity contribution < 1.29 is 4.52 Å². The lowest BCUT2D eigenvalue weighted by molar-refractivity contribution is 0.378. The molecule has 0 aliphatic carbocycles. The maximum absolute atomic E-state index is 5.13. The minimum atomic E-state index is 0.608. The van der Waals surface area contributed by atoms with Gasteiger partial charge in [0.15, 0.2) is 16.8 Å². The van der Waals surface area contributed by atoms with Crippen molar-refractivity contribution in [1.82, 2.24) is 24.9 Å². The van der Waals surface area contributed by atoms with Crippen LogP contribution in [-0.4, -0.2) is 38.0 Å². The second-order valence-electron chi connectivity index (χ2n) is 5.83. The van der Waals surface area contributed by atoms with Gasteiger partial charge >= 0.3 is 0 Å². The molecule has 0 atom stereocenters. The van der Waals surface area contributed by atoms with E-state index in [-0.39, 0.29) is 0 Å². The Hall–Kier alpha value is -2.35. The molecule has 0 saturated heterocycles. The maximum atomic E-state index is 5.13. The third-order valence-electron chi connectivity index (χ3n) is 4.23. The Bertz CT molecular complexity index is 838. The van der Waals surface area contributed by atoms with Gasteiger partial charge in [0.05, 0.1) is 5.75 Å². The number of anilines is 1. The van der Waals surface area contributed by atoms with Gasteiger partial charge < -0.3 is 14.0 Å². The van der Waals surface area contributed by atoms with Crippen molar-refractivity contribution in [2.45, 2.75) is 38.1 Å². The molecule has 0 N–H and O–H groups in total. The van der Waals surface area contributed by atoms with Crippen LogP contribution in [0.1, 0.15) is 32.5 Å². The van der Waals surface area contributed by atoms with Crippen LogP contribution in [-0.2, 0) is 19.2 Å². The van der Waals surface area contributed by atoms with Gasteiger partial charge in [-0.15, -0.1) is 10.2 Å². The van der Waals surface area contributed by atoms with Gasteiger partial charge in [-0.3, -0.25) is 0 Å². The van der Waals surface area contributed by atoms with Crippen LogP contribution in [0.25, 0.3) is 11.4 Å². The van der Waals surface area contributed by atoms with E-state index in [4.69, 9.17) is 4.52 Å². The third-order valence-corrected chi connectivity index (χ3v) is 5.25. The molecule has 0 aliphatic heterocycles. The smallest absolute Gasteiger partial charge is 0.226 e. The molecule has 0 unspecified atom stereocenters. The molecule has 138 valence electrons. The molecule has 0 spiro atoms. The first-order valence-corrected chi connectivity index (χ1v) is 9.83. The van der Waals surface area contributed by atoms with E-state index in [1.807, 2.05) is 18.5 Å². The summed E-state index contributed by atoms with van der Waals surface area (Å²) in [5.41, 5.74) is 2.27. The minimum absolute atomic E-state index is 0.608. The van der Waals surface area contributed by atoms with Crippen molar-refractivity contribution in [3.05, 3.63) is 36.0 Å². The Morgan fingerprint density at radius 2 is 1.81 bits per heavy atom. The highest BCUT2D eigenvalue weighted by Crippen LogP contribution is 2.26. The van der Waals surface area contributed by atoms with Crippen LogP contribution in [0.3, 0.4) is 0 Å². The summed E-state index contributed by atoms with van der Waals surface area (Å²) >= 11 is 1.55. The Balaban J connectivity index is 1.71. The highest BCUT2D eigenvalue weighted by atomic mass is 32.2. The van der Waals surface area contributed by atoms with Gasteiger partial charge in [-0.25, -0.2) is 0 Å². The van der Waals surface area contributed by atoms with E-state index in [9.17, 15) is 0 Å². The number of nitrogens with zero attached hydrogens (tertiary/aromatic N) is 6. The quantitative estimate of drug-likeness (QED) is 0.560. The second kappa shape index (κ2) is 8.35.